The Morgan fingerprint density at radius 3 is 2.21 bits per heavy atom. The number of unbranched alkanes of at least 4 members (excludes halogenated alkanes) is 4. The van der Waals surface area contributed by atoms with Crippen molar-refractivity contribution >= 4 is 11.9 Å². The molecule has 0 aromatic rings. The number of carbonyl (C=O) groups is 2. The van der Waals surface area contributed by atoms with Gasteiger partial charge >= 0.3 is 11.9 Å². The van der Waals surface area contributed by atoms with E-state index in [-0.39, 0.29) is 0 Å². The number of rotatable bonds is 10. The van der Waals surface area contributed by atoms with Crippen molar-refractivity contribution in [3.05, 3.63) is 12.2 Å². The summed E-state index contributed by atoms with van der Waals surface area (Å²) >= 11 is 0. The van der Waals surface area contributed by atoms with E-state index >= 15 is 0 Å². The Morgan fingerprint density at radius 2 is 1.68 bits per heavy atom. The van der Waals surface area contributed by atoms with Gasteiger partial charge in [-0.1, -0.05) is 31.4 Å². The summed E-state index contributed by atoms with van der Waals surface area (Å²) in [5.41, 5.74) is -0.628. The maximum absolute atomic E-state index is 10.9. The molecule has 0 aliphatic carbocycles. The van der Waals surface area contributed by atoms with Crippen LogP contribution in [-0.4, -0.2) is 22.2 Å². The van der Waals surface area contributed by atoms with E-state index in [1.165, 1.54) is 0 Å². The fraction of sp³-hybridized carbons (Fsp3) is 0.733. The lowest BCUT2D eigenvalue weighted by molar-refractivity contribution is -0.147. The molecular formula is C15H26O4. The van der Waals surface area contributed by atoms with E-state index < -0.39 is 23.3 Å². The van der Waals surface area contributed by atoms with Crippen molar-refractivity contribution < 1.29 is 19.8 Å². The lowest BCUT2D eigenvalue weighted by Crippen LogP contribution is -2.23. The number of allylic oxidation sites excluding steroid dienone is 1. The lowest BCUT2D eigenvalue weighted by atomic mass is 9.87. The third kappa shape index (κ3) is 8.41. The molecule has 0 bridgehead atoms. The van der Waals surface area contributed by atoms with Gasteiger partial charge in [0.05, 0.1) is 11.3 Å². The molecule has 0 radical (unpaired) electrons. The van der Waals surface area contributed by atoms with Crippen molar-refractivity contribution in [1.82, 2.24) is 0 Å². The second-order valence-corrected chi connectivity index (χ2v) is 5.70. The summed E-state index contributed by atoms with van der Waals surface area (Å²) in [6.07, 6.45) is 9.26. The molecule has 0 fully saturated rings. The molecule has 4 heteroatoms. The van der Waals surface area contributed by atoms with Gasteiger partial charge in [0.25, 0.3) is 0 Å². The van der Waals surface area contributed by atoms with Crippen LogP contribution in [0.25, 0.3) is 0 Å². The topological polar surface area (TPSA) is 74.6 Å². The molecule has 0 amide bonds. The van der Waals surface area contributed by atoms with Gasteiger partial charge in [0.2, 0.25) is 0 Å². The van der Waals surface area contributed by atoms with E-state index in [4.69, 9.17) is 10.2 Å². The SMILES string of the molecule is CC(/C=C/CCCCCCC(C)(C)C(=O)O)C(=O)O. The van der Waals surface area contributed by atoms with Crippen molar-refractivity contribution in [2.75, 3.05) is 0 Å². The Bertz CT molecular complexity index is 318. The van der Waals surface area contributed by atoms with Crippen LogP contribution in [0.1, 0.15) is 59.3 Å². The fourth-order valence-electron chi connectivity index (χ4n) is 1.67. The highest BCUT2D eigenvalue weighted by atomic mass is 16.4. The first kappa shape index (κ1) is 17.7. The largest absolute Gasteiger partial charge is 0.481 e. The van der Waals surface area contributed by atoms with Crippen LogP contribution in [0.5, 0.6) is 0 Å². The van der Waals surface area contributed by atoms with Crippen molar-refractivity contribution in [3.8, 4) is 0 Å². The predicted octanol–water partition coefficient (Wildman–Crippen LogP) is 3.71. The molecule has 0 saturated carbocycles. The molecule has 2 N–H and O–H groups in total. The quantitative estimate of drug-likeness (QED) is 0.468. The summed E-state index contributed by atoms with van der Waals surface area (Å²) in [4.78, 5) is 21.4. The summed E-state index contributed by atoms with van der Waals surface area (Å²) in [7, 11) is 0. The highest BCUT2D eigenvalue weighted by Gasteiger charge is 2.25. The molecule has 1 unspecified atom stereocenters. The van der Waals surface area contributed by atoms with Crippen LogP contribution >= 0.6 is 0 Å². The highest BCUT2D eigenvalue weighted by Crippen LogP contribution is 2.24. The summed E-state index contributed by atoms with van der Waals surface area (Å²) in [5.74, 6) is -1.96. The Balaban J connectivity index is 3.57. The van der Waals surface area contributed by atoms with Crippen LogP contribution in [0.4, 0.5) is 0 Å². The Hall–Kier alpha value is -1.32. The molecule has 0 aliphatic rings. The van der Waals surface area contributed by atoms with Gasteiger partial charge in [0.15, 0.2) is 0 Å². The summed E-state index contributed by atoms with van der Waals surface area (Å²) in [6, 6.07) is 0. The zero-order chi connectivity index (χ0) is 14.9. The smallest absolute Gasteiger partial charge is 0.310 e. The van der Waals surface area contributed by atoms with Crippen LogP contribution < -0.4 is 0 Å². The van der Waals surface area contributed by atoms with Crippen molar-refractivity contribution in [2.45, 2.75) is 59.3 Å². The van der Waals surface area contributed by atoms with Gasteiger partial charge in [-0.05, 0) is 40.0 Å². The van der Waals surface area contributed by atoms with Crippen LogP contribution in [0.15, 0.2) is 12.2 Å². The number of carboxylic acid groups (broad SMARTS) is 2. The molecule has 4 nitrogen and oxygen atoms in total. The fourth-order valence-corrected chi connectivity index (χ4v) is 1.67. The van der Waals surface area contributed by atoms with Gasteiger partial charge in [0, 0.05) is 0 Å². The molecule has 19 heavy (non-hydrogen) atoms. The van der Waals surface area contributed by atoms with E-state index in [1.807, 2.05) is 6.08 Å². The standard InChI is InChI=1S/C15H26O4/c1-12(13(16)17)10-8-6-4-5-7-9-11-15(2,3)14(18)19/h8,10,12H,4-7,9,11H2,1-3H3,(H,16,17)(H,18,19)/b10-8+. The van der Waals surface area contributed by atoms with Crippen molar-refractivity contribution in [2.24, 2.45) is 11.3 Å². The lowest BCUT2D eigenvalue weighted by Gasteiger charge is -2.18. The molecule has 0 rings (SSSR count). The van der Waals surface area contributed by atoms with Gasteiger partial charge in [-0.2, -0.15) is 0 Å². The first-order chi connectivity index (χ1) is 8.77. The molecule has 0 heterocycles. The first-order valence-corrected chi connectivity index (χ1v) is 6.90. The van der Waals surface area contributed by atoms with Gasteiger partial charge in [-0.25, -0.2) is 0 Å². The van der Waals surface area contributed by atoms with Gasteiger partial charge in [0.1, 0.15) is 0 Å². The first-order valence-electron chi connectivity index (χ1n) is 6.90. The maximum Gasteiger partial charge on any atom is 0.310 e. The Labute approximate surface area is 115 Å². The molecule has 110 valence electrons. The van der Waals surface area contributed by atoms with Gasteiger partial charge in [-0.3, -0.25) is 9.59 Å². The minimum Gasteiger partial charge on any atom is -0.481 e. The van der Waals surface area contributed by atoms with Crippen molar-refractivity contribution in [3.63, 3.8) is 0 Å². The Morgan fingerprint density at radius 1 is 1.11 bits per heavy atom. The third-order valence-corrected chi connectivity index (χ3v) is 3.32. The van der Waals surface area contributed by atoms with Crippen molar-refractivity contribution in [1.29, 1.82) is 0 Å². The van der Waals surface area contributed by atoms with Crippen LogP contribution in [0, 0.1) is 11.3 Å². The van der Waals surface area contributed by atoms with Crippen LogP contribution in [0.3, 0.4) is 0 Å². The Kier molecular flexibility index (Phi) is 8.12. The number of hydrogen-bond donors (Lipinski definition) is 2. The van der Waals surface area contributed by atoms with Crippen LogP contribution in [0.2, 0.25) is 0 Å². The van der Waals surface area contributed by atoms with E-state index in [2.05, 4.69) is 0 Å². The molecule has 0 aromatic heterocycles. The molecule has 0 aromatic carbocycles. The number of carboxylic acids is 2. The second kappa shape index (κ2) is 8.73. The number of hydrogen-bond acceptors (Lipinski definition) is 2. The van der Waals surface area contributed by atoms with E-state index in [9.17, 15) is 9.59 Å². The molecule has 0 aliphatic heterocycles. The average Bonchev–Trinajstić information content (AvgIpc) is 2.31. The normalized spacial score (nSPS) is 13.6. The molecule has 0 spiro atoms. The molecule has 0 saturated heterocycles. The third-order valence-electron chi connectivity index (χ3n) is 3.32. The number of aliphatic carboxylic acids is 2. The second-order valence-electron chi connectivity index (χ2n) is 5.70. The van der Waals surface area contributed by atoms with Gasteiger partial charge in [-0.15, -0.1) is 0 Å². The summed E-state index contributed by atoms with van der Waals surface area (Å²) in [6.45, 7) is 5.17. The zero-order valence-corrected chi connectivity index (χ0v) is 12.2. The monoisotopic (exact) mass is 270 g/mol. The van der Waals surface area contributed by atoms with E-state index in [0.717, 1.165) is 32.1 Å². The van der Waals surface area contributed by atoms with Crippen LogP contribution in [-0.2, 0) is 9.59 Å². The van der Waals surface area contributed by atoms with E-state index in [0.29, 0.717) is 6.42 Å². The predicted molar refractivity (Wildman–Crippen MR) is 75.1 cm³/mol. The minimum atomic E-state index is -0.799. The molecular weight excluding hydrogens is 244 g/mol. The van der Waals surface area contributed by atoms with E-state index in [1.54, 1.807) is 26.8 Å². The average molecular weight is 270 g/mol. The highest BCUT2D eigenvalue weighted by molar-refractivity contribution is 5.73. The summed E-state index contributed by atoms with van der Waals surface area (Å²) < 4.78 is 0. The molecule has 1 atom stereocenters. The minimum absolute atomic E-state index is 0.420. The maximum atomic E-state index is 10.9. The zero-order valence-electron chi connectivity index (χ0n) is 12.2. The summed E-state index contributed by atoms with van der Waals surface area (Å²) in [5, 5.41) is 17.6. The van der Waals surface area contributed by atoms with Gasteiger partial charge < -0.3 is 10.2 Å².